The van der Waals surface area contributed by atoms with Gasteiger partial charge in [0.05, 0.1) is 5.41 Å². The molecule has 1 aromatic rings. The Balaban J connectivity index is 1.79. The van der Waals surface area contributed by atoms with Gasteiger partial charge in [0.2, 0.25) is 5.13 Å². The Morgan fingerprint density at radius 2 is 2.47 bits per heavy atom. The van der Waals surface area contributed by atoms with E-state index >= 15 is 0 Å². The molecule has 1 aromatic heterocycles. The van der Waals surface area contributed by atoms with Gasteiger partial charge in [0.1, 0.15) is 11.6 Å². The number of anilines is 1. The van der Waals surface area contributed by atoms with Crippen molar-refractivity contribution < 1.29 is 14.6 Å². The van der Waals surface area contributed by atoms with Crippen molar-refractivity contribution in [1.82, 2.24) is 10.2 Å². The largest absolute Gasteiger partial charge is 0.481 e. The molecular formula is C12H17N3O3S. The van der Waals surface area contributed by atoms with Crippen LogP contribution in [0.25, 0.3) is 0 Å². The normalized spacial score (nSPS) is 29.7. The van der Waals surface area contributed by atoms with Gasteiger partial charge in [-0.25, -0.2) is 0 Å². The molecule has 0 radical (unpaired) electrons. The predicted octanol–water partition coefficient (Wildman–Crippen LogP) is 1.38. The molecule has 0 unspecified atom stereocenters. The van der Waals surface area contributed by atoms with Crippen molar-refractivity contribution in [2.24, 2.45) is 11.3 Å². The number of hydrogen-bond acceptors (Lipinski definition) is 6. The van der Waals surface area contributed by atoms with Gasteiger partial charge in [-0.1, -0.05) is 17.8 Å². The lowest BCUT2D eigenvalue weighted by molar-refractivity contribution is -0.149. The van der Waals surface area contributed by atoms with Gasteiger partial charge < -0.3 is 14.7 Å². The number of fused-ring (bicyclic) bond motifs is 1. The van der Waals surface area contributed by atoms with Gasteiger partial charge >= 0.3 is 5.97 Å². The van der Waals surface area contributed by atoms with E-state index < -0.39 is 11.4 Å². The van der Waals surface area contributed by atoms with E-state index in [-0.39, 0.29) is 5.92 Å². The average Bonchev–Trinajstić information content (AvgIpc) is 3.00. The first-order chi connectivity index (χ1) is 9.15. The predicted molar refractivity (Wildman–Crippen MR) is 70.2 cm³/mol. The zero-order chi connectivity index (χ0) is 13.5. The molecule has 2 atom stereocenters. The van der Waals surface area contributed by atoms with Crippen molar-refractivity contribution >= 4 is 22.4 Å². The minimum atomic E-state index is -0.654. The molecule has 1 aliphatic carbocycles. The number of carboxylic acid groups (broad SMARTS) is 1. The van der Waals surface area contributed by atoms with E-state index in [1.807, 2.05) is 0 Å². The molecule has 1 saturated carbocycles. The maximum absolute atomic E-state index is 11.6. The number of carboxylic acids is 1. The summed E-state index contributed by atoms with van der Waals surface area (Å²) in [4.78, 5) is 13.7. The number of aromatic nitrogens is 2. The molecular weight excluding hydrogens is 266 g/mol. The molecule has 1 aliphatic heterocycles. The molecule has 3 rings (SSSR count). The van der Waals surface area contributed by atoms with Crippen LogP contribution in [-0.4, -0.2) is 41.5 Å². The highest BCUT2D eigenvalue weighted by atomic mass is 32.1. The molecule has 1 N–H and O–H groups in total. The van der Waals surface area contributed by atoms with E-state index in [4.69, 9.17) is 4.74 Å². The monoisotopic (exact) mass is 283 g/mol. The highest BCUT2D eigenvalue weighted by Gasteiger charge is 2.55. The fourth-order valence-corrected chi connectivity index (χ4v) is 4.16. The van der Waals surface area contributed by atoms with Crippen LogP contribution < -0.4 is 4.90 Å². The third-order valence-corrected chi connectivity index (χ3v) is 5.25. The lowest BCUT2D eigenvalue weighted by atomic mass is 9.81. The number of nitrogens with zero attached hydrogens (tertiary/aromatic N) is 3. The first-order valence-corrected chi connectivity index (χ1v) is 7.27. The molecule has 104 valence electrons. The number of aliphatic carboxylic acids is 1. The van der Waals surface area contributed by atoms with E-state index in [1.54, 1.807) is 7.11 Å². The fourth-order valence-electron chi connectivity index (χ4n) is 3.34. The van der Waals surface area contributed by atoms with E-state index in [0.717, 1.165) is 35.9 Å². The number of rotatable bonds is 4. The summed E-state index contributed by atoms with van der Waals surface area (Å²) >= 11 is 1.49. The standard InChI is InChI=1S/C12H17N3O3S/c1-18-6-9-13-14-11(19-9)15-5-8-3-2-4-12(8,7-15)10(16)17/h8H,2-7H2,1H3,(H,16,17)/t8-,12+/m0/s1. The van der Waals surface area contributed by atoms with Crippen molar-refractivity contribution in [3.05, 3.63) is 5.01 Å². The van der Waals surface area contributed by atoms with Crippen molar-refractivity contribution in [1.29, 1.82) is 0 Å². The summed E-state index contributed by atoms with van der Waals surface area (Å²) in [6, 6.07) is 0. The van der Waals surface area contributed by atoms with Gasteiger partial charge in [-0.3, -0.25) is 4.79 Å². The number of methoxy groups -OCH3 is 1. The third-order valence-electron chi connectivity index (χ3n) is 4.29. The quantitative estimate of drug-likeness (QED) is 0.899. The third kappa shape index (κ3) is 2.01. The Kier molecular flexibility index (Phi) is 3.18. The number of ether oxygens (including phenoxy) is 1. The van der Waals surface area contributed by atoms with Crippen LogP contribution in [-0.2, 0) is 16.1 Å². The summed E-state index contributed by atoms with van der Waals surface area (Å²) < 4.78 is 5.03. The van der Waals surface area contributed by atoms with Gasteiger partial charge in [0.25, 0.3) is 0 Å². The van der Waals surface area contributed by atoms with Crippen molar-refractivity contribution in [2.75, 3.05) is 25.1 Å². The van der Waals surface area contributed by atoms with Crippen LogP contribution in [0.1, 0.15) is 24.3 Å². The molecule has 6 nitrogen and oxygen atoms in total. The number of hydrogen-bond donors (Lipinski definition) is 1. The molecule has 0 aromatic carbocycles. The summed E-state index contributed by atoms with van der Waals surface area (Å²) in [6.07, 6.45) is 2.82. The maximum Gasteiger partial charge on any atom is 0.311 e. The van der Waals surface area contributed by atoms with Crippen LogP contribution in [0.15, 0.2) is 0 Å². The lowest BCUT2D eigenvalue weighted by Crippen LogP contribution is -2.35. The molecule has 2 heterocycles. The molecule has 0 spiro atoms. The van der Waals surface area contributed by atoms with Gasteiger partial charge in [-0.15, -0.1) is 10.2 Å². The summed E-state index contributed by atoms with van der Waals surface area (Å²) in [5, 5.41) is 19.4. The highest BCUT2D eigenvalue weighted by molar-refractivity contribution is 7.15. The first-order valence-electron chi connectivity index (χ1n) is 6.45. The molecule has 19 heavy (non-hydrogen) atoms. The molecule has 0 amide bonds. The van der Waals surface area contributed by atoms with Crippen molar-refractivity contribution in [2.45, 2.75) is 25.9 Å². The minimum absolute atomic E-state index is 0.250. The van der Waals surface area contributed by atoms with Crippen LogP contribution >= 0.6 is 11.3 Å². The van der Waals surface area contributed by atoms with E-state index in [1.165, 1.54) is 11.3 Å². The van der Waals surface area contributed by atoms with Crippen molar-refractivity contribution in [3.63, 3.8) is 0 Å². The van der Waals surface area contributed by atoms with Crippen LogP contribution in [0.4, 0.5) is 5.13 Å². The van der Waals surface area contributed by atoms with Crippen LogP contribution in [0.2, 0.25) is 0 Å². The molecule has 2 aliphatic rings. The van der Waals surface area contributed by atoms with Gasteiger partial charge in [-0.05, 0) is 18.8 Å². The Morgan fingerprint density at radius 3 is 3.16 bits per heavy atom. The van der Waals surface area contributed by atoms with Gasteiger partial charge in [-0.2, -0.15) is 0 Å². The molecule has 0 bridgehead atoms. The van der Waals surface area contributed by atoms with Gasteiger partial charge in [0.15, 0.2) is 0 Å². The zero-order valence-corrected chi connectivity index (χ0v) is 11.7. The minimum Gasteiger partial charge on any atom is -0.481 e. The summed E-state index contributed by atoms with van der Waals surface area (Å²) in [5.74, 6) is -0.404. The van der Waals surface area contributed by atoms with E-state index in [9.17, 15) is 9.90 Å². The summed E-state index contributed by atoms with van der Waals surface area (Å²) in [7, 11) is 1.63. The summed E-state index contributed by atoms with van der Waals surface area (Å²) in [5.41, 5.74) is -0.562. The average molecular weight is 283 g/mol. The van der Waals surface area contributed by atoms with Crippen LogP contribution in [0.3, 0.4) is 0 Å². The number of carbonyl (C=O) groups is 1. The fraction of sp³-hybridized carbons (Fsp3) is 0.750. The molecule has 1 saturated heterocycles. The van der Waals surface area contributed by atoms with Crippen LogP contribution in [0, 0.1) is 11.3 Å². The second kappa shape index (κ2) is 4.72. The van der Waals surface area contributed by atoms with Gasteiger partial charge in [0, 0.05) is 20.2 Å². The Labute approximate surface area is 115 Å². The van der Waals surface area contributed by atoms with Crippen LogP contribution in [0.5, 0.6) is 0 Å². The van der Waals surface area contributed by atoms with E-state index in [2.05, 4.69) is 15.1 Å². The first kappa shape index (κ1) is 12.8. The second-order valence-corrected chi connectivity index (χ2v) is 6.38. The maximum atomic E-state index is 11.6. The molecule has 7 heteroatoms. The van der Waals surface area contributed by atoms with E-state index in [0.29, 0.717) is 13.2 Å². The molecule has 2 fully saturated rings. The Hall–Kier alpha value is -1.21. The summed E-state index contributed by atoms with van der Waals surface area (Å²) in [6.45, 7) is 1.81. The SMILES string of the molecule is COCc1nnc(N2C[C@@H]3CCC[C@@]3(C(=O)O)C2)s1. The smallest absolute Gasteiger partial charge is 0.311 e. The lowest BCUT2D eigenvalue weighted by Gasteiger charge is -2.22. The second-order valence-electron chi connectivity index (χ2n) is 5.34. The highest BCUT2D eigenvalue weighted by Crippen LogP contribution is 2.50. The Morgan fingerprint density at radius 1 is 1.63 bits per heavy atom. The zero-order valence-electron chi connectivity index (χ0n) is 10.8. The Bertz CT molecular complexity index is 492. The van der Waals surface area contributed by atoms with Crippen molar-refractivity contribution in [3.8, 4) is 0 Å². The topological polar surface area (TPSA) is 75.6 Å².